The maximum Gasteiger partial charge on any atom is 0.143 e. The smallest absolute Gasteiger partial charge is 0.143 e. The van der Waals surface area contributed by atoms with E-state index in [2.05, 4.69) is 48.7 Å². The summed E-state index contributed by atoms with van der Waals surface area (Å²) in [6.45, 7) is 5.89. The third-order valence-electron chi connectivity index (χ3n) is 6.43. The number of fused-ring (bicyclic) bond motifs is 3. The van der Waals surface area contributed by atoms with Gasteiger partial charge in [0, 0.05) is 53.8 Å². The molecule has 2 aromatic carbocycles. The van der Waals surface area contributed by atoms with Gasteiger partial charge in [0.05, 0.1) is 29.3 Å². The molecular weight excluding hydrogens is 520 g/mol. The van der Waals surface area contributed by atoms with Gasteiger partial charge in [0.1, 0.15) is 29.3 Å². The number of hydrogen-bond donors (Lipinski definition) is 2. The molecule has 0 aliphatic carbocycles. The highest BCUT2D eigenvalue weighted by molar-refractivity contribution is 7.25. The van der Waals surface area contributed by atoms with E-state index in [0.29, 0.717) is 17.4 Å². The zero-order valence-corrected chi connectivity index (χ0v) is 22.3. The lowest BCUT2D eigenvalue weighted by Crippen LogP contribution is -2.38. The molecule has 4 heterocycles. The number of anilines is 3. The van der Waals surface area contributed by atoms with Crippen LogP contribution < -0.4 is 15.4 Å². The number of halogens is 1. The highest BCUT2D eigenvalue weighted by atomic mass is 35.5. The van der Waals surface area contributed by atoms with Crippen molar-refractivity contribution in [1.82, 2.24) is 19.9 Å². The molecule has 0 saturated carbocycles. The molecule has 1 saturated heterocycles. The Kier molecular flexibility index (Phi) is 7.50. The number of rotatable bonds is 9. The second-order valence-corrected chi connectivity index (χ2v) is 10.4. The molecule has 1 aliphatic rings. The first-order valence-electron chi connectivity index (χ1n) is 12.5. The molecule has 8 nitrogen and oxygen atoms in total. The monoisotopic (exact) mass is 546 g/mol. The Morgan fingerprint density at radius 2 is 1.89 bits per heavy atom. The summed E-state index contributed by atoms with van der Waals surface area (Å²) in [7, 11) is 0. The average molecular weight is 547 g/mol. The Morgan fingerprint density at radius 1 is 1.00 bits per heavy atom. The van der Waals surface area contributed by atoms with Gasteiger partial charge in [-0.05, 0) is 42.5 Å². The van der Waals surface area contributed by atoms with Gasteiger partial charge in [-0.25, -0.2) is 9.97 Å². The van der Waals surface area contributed by atoms with E-state index in [9.17, 15) is 0 Å². The largest absolute Gasteiger partial charge is 0.486 e. The molecule has 5 aromatic rings. The summed E-state index contributed by atoms with van der Waals surface area (Å²) in [5, 5.41) is 9.61. The number of pyridine rings is 1. The third kappa shape index (κ3) is 5.66. The number of ether oxygens (including phenoxy) is 2. The summed E-state index contributed by atoms with van der Waals surface area (Å²) >= 11 is 8.19. The van der Waals surface area contributed by atoms with Crippen molar-refractivity contribution in [2.45, 2.75) is 6.61 Å². The van der Waals surface area contributed by atoms with E-state index >= 15 is 0 Å². The van der Waals surface area contributed by atoms with Crippen molar-refractivity contribution in [3.05, 3.63) is 77.8 Å². The van der Waals surface area contributed by atoms with E-state index in [1.165, 1.54) is 0 Å². The maximum absolute atomic E-state index is 6.53. The highest BCUT2D eigenvalue weighted by Crippen LogP contribution is 2.38. The molecule has 3 aromatic heterocycles. The van der Waals surface area contributed by atoms with E-state index < -0.39 is 0 Å². The maximum atomic E-state index is 6.53. The van der Waals surface area contributed by atoms with E-state index in [4.69, 9.17) is 21.1 Å². The van der Waals surface area contributed by atoms with Crippen molar-refractivity contribution in [2.24, 2.45) is 0 Å². The van der Waals surface area contributed by atoms with Crippen molar-refractivity contribution < 1.29 is 9.47 Å². The number of morpholine rings is 1. The normalized spacial score (nSPS) is 14.1. The Hall–Kier alpha value is -3.50. The van der Waals surface area contributed by atoms with Crippen LogP contribution in [0.15, 0.2) is 67.1 Å². The van der Waals surface area contributed by atoms with Crippen LogP contribution in [0, 0.1) is 0 Å². The van der Waals surface area contributed by atoms with Crippen molar-refractivity contribution in [3.63, 3.8) is 0 Å². The fourth-order valence-corrected chi connectivity index (χ4v) is 5.78. The van der Waals surface area contributed by atoms with Crippen LogP contribution in [0.5, 0.6) is 5.75 Å². The lowest BCUT2D eigenvalue weighted by molar-refractivity contribution is 0.0398. The van der Waals surface area contributed by atoms with Crippen LogP contribution >= 0.6 is 22.9 Å². The summed E-state index contributed by atoms with van der Waals surface area (Å²) in [5.74, 6) is 1.35. The summed E-state index contributed by atoms with van der Waals surface area (Å²) < 4.78 is 12.5. The van der Waals surface area contributed by atoms with Gasteiger partial charge in [-0.2, -0.15) is 0 Å². The molecule has 0 amide bonds. The first-order valence-corrected chi connectivity index (χ1v) is 13.7. The molecule has 1 aliphatic heterocycles. The second kappa shape index (κ2) is 11.5. The number of benzene rings is 2. The quantitative estimate of drug-likeness (QED) is 0.234. The Labute approximate surface area is 229 Å². The molecule has 6 rings (SSSR count). The van der Waals surface area contributed by atoms with Gasteiger partial charge < -0.3 is 20.1 Å². The van der Waals surface area contributed by atoms with Crippen molar-refractivity contribution in [3.8, 4) is 5.75 Å². The summed E-state index contributed by atoms with van der Waals surface area (Å²) in [5.41, 5.74) is 2.77. The molecule has 0 radical (unpaired) electrons. The Bertz CT molecular complexity index is 1540. The first-order chi connectivity index (χ1) is 18.7. The lowest BCUT2D eigenvalue weighted by atomic mass is 10.2. The minimum Gasteiger partial charge on any atom is -0.486 e. The molecule has 10 heteroatoms. The number of thiophene rings is 1. The minimum absolute atomic E-state index is 0.352. The van der Waals surface area contributed by atoms with Crippen LogP contribution in [0.25, 0.3) is 20.3 Å². The zero-order valence-electron chi connectivity index (χ0n) is 20.7. The second-order valence-electron chi connectivity index (χ2n) is 8.98. The number of hydrogen-bond acceptors (Lipinski definition) is 9. The van der Waals surface area contributed by atoms with Crippen LogP contribution in [0.1, 0.15) is 5.69 Å². The van der Waals surface area contributed by atoms with Gasteiger partial charge in [-0.1, -0.05) is 23.7 Å². The van der Waals surface area contributed by atoms with E-state index in [-0.39, 0.29) is 0 Å². The van der Waals surface area contributed by atoms with Gasteiger partial charge in [0.25, 0.3) is 0 Å². The van der Waals surface area contributed by atoms with E-state index in [1.807, 2.05) is 36.4 Å². The van der Waals surface area contributed by atoms with Crippen molar-refractivity contribution >= 4 is 60.4 Å². The van der Waals surface area contributed by atoms with Gasteiger partial charge in [0.2, 0.25) is 0 Å². The predicted octanol–water partition coefficient (Wildman–Crippen LogP) is 5.96. The summed E-state index contributed by atoms with van der Waals surface area (Å²) in [6.07, 6.45) is 3.33. The fourth-order valence-electron chi connectivity index (χ4n) is 4.46. The number of nitrogens with one attached hydrogen (secondary N) is 2. The van der Waals surface area contributed by atoms with Crippen LogP contribution in [0.2, 0.25) is 5.02 Å². The molecule has 0 bridgehead atoms. The molecule has 194 valence electrons. The highest BCUT2D eigenvalue weighted by Gasteiger charge is 2.14. The SMILES string of the molecule is Clc1cc(Nc2ncnc3sc4cc(NCCN5CCOCC5)ccc4c23)ccc1OCc1ccccn1. The molecule has 1 fully saturated rings. The Balaban J connectivity index is 1.17. The van der Waals surface area contributed by atoms with E-state index in [0.717, 1.165) is 82.6 Å². The topological polar surface area (TPSA) is 84.4 Å². The number of aromatic nitrogens is 3. The standard InChI is InChI=1S/C28H27ClN6O2S/c29-23-15-20(5-7-24(23)37-17-21-3-1-2-8-30-21)34-27-26-22-6-4-19(16-25(22)38-28(26)33-18-32-27)31-9-10-35-11-13-36-14-12-35/h1-8,15-16,18,31H,9-14,17H2,(H,32,33,34). The lowest BCUT2D eigenvalue weighted by Gasteiger charge is -2.26. The summed E-state index contributed by atoms with van der Waals surface area (Å²) in [4.78, 5) is 16.7. The summed E-state index contributed by atoms with van der Waals surface area (Å²) in [6, 6.07) is 17.8. The molecule has 38 heavy (non-hydrogen) atoms. The molecular formula is C28H27ClN6O2S. The van der Waals surface area contributed by atoms with Gasteiger partial charge >= 0.3 is 0 Å². The zero-order chi connectivity index (χ0) is 25.7. The minimum atomic E-state index is 0.352. The molecule has 0 atom stereocenters. The number of nitrogens with zero attached hydrogens (tertiary/aromatic N) is 4. The van der Waals surface area contributed by atoms with Crippen LogP contribution in [-0.2, 0) is 11.3 Å². The Morgan fingerprint density at radius 3 is 2.74 bits per heavy atom. The van der Waals surface area contributed by atoms with Crippen LogP contribution in [-0.4, -0.2) is 59.2 Å². The van der Waals surface area contributed by atoms with E-state index in [1.54, 1.807) is 23.9 Å². The first kappa shape index (κ1) is 24.8. The van der Waals surface area contributed by atoms with Crippen LogP contribution in [0.4, 0.5) is 17.2 Å². The van der Waals surface area contributed by atoms with Gasteiger partial charge in [0.15, 0.2) is 0 Å². The van der Waals surface area contributed by atoms with Crippen LogP contribution in [0.3, 0.4) is 0 Å². The molecule has 2 N–H and O–H groups in total. The average Bonchev–Trinajstić information content (AvgIpc) is 3.33. The fraction of sp³-hybridized carbons (Fsp3) is 0.250. The van der Waals surface area contributed by atoms with Gasteiger partial charge in [-0.15, -0.1) is 11.3 Å². The van der Waals surface area contributed by atoms with Crippen molar-refractivity contribution in [1.29, 1.82) is 0 Å². The third-order valence-corrected chi connectivity index (χ3v) is 7.78. The molecule has 0 spiro atoms. The van der Waals surface area contributed by atoms with Gasteiger partial charge in [-0.3, -0.25) is 9.88 Å². The molecule has 0 unspecified atom stereocenters. The van der Waals surface area contributed by atoms with Crippen molar-refractivity contribution in [2.75, 3.05) is 50.0 Å². The predicted molar refractivity (Wildman–Crippen MR) is 154 cm³/mol.